The van der Waals surface area contributed by atoms with Crippen LogP contribution in [0.25, 0.3) is 21.5 Å². The van der Waals surface area contributed by atoms with Gasteiger partial charge in [0.25, 0.3) is 20.2 Å². The van der Waals surface area contributed by atoms with Crippen LogP contribution in [0.3, 0.4) is 0 Å². The molecule has 4 aromatic carbocycles. The highest BCUT2D eigenvalue weighted by Gasteiger charge is 2.19. The third-order valence-corrected chi connectivity index (χ3v) is 7.25. The molecule has 0 fully saturated rings. The van der Waals surface area contributed by atoms with E-state index in [1.807, 2.05) is 6.07 Å². The molecule has 4 rings (SSSR count). The van der Waals surface area contributed by atoms with E-state index in [9.17, 15) is 26.0 Å². The van der Waals surface area contributed by atoms with E-state index in [2.05, 4.69) is 5.32 Å². The first kappa shape index (κ1) is 28.0. The first-order chi connectivity index (χ1) is 17.3. The highest BCUT2D eigenvalue weighted by molar-refractivity contribution is 7.86. The van der Waals surface area contributed by atoms with Crippen molar-refractivity contribution in [1.82, 2.24) is 5.32 Å². The number of amides is 1. The molecule has 4 aromatic rings. The number of carbonyl (C=O) groups is 1. The van der Waals surface area contributed by atoms with Crippen LogP contribution < -0.4 is 10.1 Å². The van der Waals surface area contributed by atoms with Crippen molar-refractivity contribution in [2.45, 2.75) is 23.1 Å². The maximum absolute atomic E-state index is 13.7. The standard InChI is InChI=1S/C15H16FNO2.C10H8O6S2/c1-10(18)17-8-7-11-3-6-15(16)13-5-4-12(19-2)9-14(11)13;11-17(12,13)9-5-1-3-7-8(9)4-2-6-10(7)18(14,15)16/h3-6,9H,7-8H2,1-2H3,(H,17,18);1-6H,(H,11,12,13)(H,14,15,16). The fourth-order valence-electron chi connectivity index (χ4n) is 3.77. The number of fused-ring (bicyclic) bond motifs is 2. The predicted molar refractivity (Wildman–Crippen MR) is 136 cm³/mol. The van der Waals surface area contributed by atoms with Gasteiger partial charge in [-0.15, -0.1) is 0 Å². The van der Waals surface area contributed by atoms with Crippen LogP contribution in [0.15, 0.2) is 76.5 Å². The average Bonchev–Trinajstić information content (AvgIpc) is 2.83. The van der Waals surface area contributed by atoms with Crippen LogP contribution in [0.4, 0.5) is 4.39 Å². The summed E-state index contributed by atoms with van der Waals surface area (Å²) in [5.41, 5.74) is 0.990. The van der Waals surface area contributed by atoms with Crippen LogP contribution in [-0.4, -0.2) is 45.5 Å². The van der Waals surface area contributed by atoms with E-state index in [0.717, 1.165) is 23.1 Å². The zero-order valence-electron chi connectivity index (χ0n) is 19.8. The molecule has 0 spiro atoms. The van der Waals surface area contributed by atoms with Crippen LogP contribution in [-0.2, 0) is 31.5 Å². The van der Waals surface area contributed by atoms with Crippen molar-refractivity contribution in [3.63, 3.8) is 0 Å². The minimum atomic E-state index is -4.47. The van der Waals surface area contributed by atoms with Crippen molar-refractivity contribution < 1.29 is 39.9 Å². The zero-order valence-corrected chi connectivity index (χ0v) is 21.4. The van der Waals surface area contributed by atoms with Gasteiger partial charge in [0.05, 0.1) is 7.11 Å². The molecule has 0 radical (unpaired) electrons. The molecule has 1 amide bonds. The number of methoxy groups -OCH3 is 1. The Morgan fingerprint density at radius 1 is 0.838 bits per heavy atom. The monoisotopic (exact) mass is 549 g/mol. The molecule has 0 aliphatic rings. The van der Waals surface area contributed by atoms with Crippen molar-refractivity contribution in [2.24, 2.45) is 0 Å². The normalized spacial score (nSPS) is 11.6. The molecule has 0 aliphatic carbocycles. The number of ether oxygens (including phenoxy) is 1. The van der Waals surface area contributed by atoms with Gasteiger partial charge in [0, 0.05) is 29.6 Å². The molecule has 37 heavy (non-hydrogen) atoms. The number of hydrogen-bond donors (Lipinski definition) is 3. The summed E-state index contributed by atoms with van der Waals surface area (Å²) in [5, 5.41) is 4.18. The molecule has 0 saturated carbocycles. The van der Waals surface area contributed by atoms with Crippen LogP contribution in [0.5, 0.6) is 5.75 Å². The summed E-state index contributed by atoms with van der Waals surface area (Å²) in [6.07, 6.45) is 0.656. The number of carbonyl (C=O) groups excluding carboxylic acids is 1. The Morgan fingerprint density at radius 3 is 1.89 bits per heavy atom. The Morgan fingerprint density at radius 2 is 1.41 bits per heavy atom. The van der Waals surface area contributed by atoms with Gasteiger partial charge in [0.1, 0.15) is 21.4 Å². The number of hydrogen-bond acceptors (Lipinski definition) is 6. The zero-order chi connectivity index (χ0) is 27.4. The molecule has 0 aromatic heterocycles. The SMILES string of the molecule is COc1ccc2c(F)ccc(CCNC(C)=O)c2c1.O=S(=O)(O)c1cccc2c(S(=O)(=O)O)cccc12. The van der Waals surface area contributed by atoms with E-state index in [1.165, 1.54) is 37.3 Å². The Hall–Kier alpha value is -3.58. The number of halogens is 1. The van der Waals surface area contributed by atoms with Gasteiger partial charge in [-0.2, -0.15) is 16.8 Å². The summed E-state index contributed by atoms with van der Waals surface area (Å²) in [4.78, 5) is 10.0. The summed E-state index contributed by atoms with van der Waals surface area (Å²) in [6.45, 7) is 2.01. The Kier molecular flexibility index (Phi) is 8.49. The van der Waals surface area contributed by atoms with Gasteiger partial charge >= 0.3 is 0 Å². The van der Waals surface area contributed by atoms with Crippen LogP contribution in [0, 0.1) is 5.82 Å². The van der Waals surface area contributed by atoms with E-state index < -0.39 is 30.0 Å². The first-order valence-corrected chi connectivity index (χ1v) is 13.7. The topological polar surface area (TPSA) is 147 Å². The minimum Gasteiger partial charge on any atom is -0.497 e. The fourth-order valence-corrected chi connectivity index (χ4v) is 5.18. The molecule has 0 saturated heterocycles. The largest absolute Gasteiger partial charge is 0.497 e. The highest BCUT2D eigenvalue weighted by atomic mass is 32.2. The molecule has 0 atom stereocenters. The second kappa shape index (κ2) is 11.2. The lowest BCUT2D eigenvalue weighted by Gasteiger charge is -2.09. The second-order valence-electron chi connectivity index (χ2n) is 7.91. The lowest BCUT2D eigenvalue weighted by molar-refractivity contribution is -0.118. The van der Waals surface area contributed by atoms with Gasteiger partial charge in [-0.1, -0.05) is 30.3 Å². The van der Waals surface area contributed by atoms with Crippen LogP contribution >= 0.6 is 0 Å². The maximum atomic E-state index is 13.7. The second-order valence-corrected chi connectivity index (χ2v) is 10.7. The molecule has 9 nitrogen and oxygen atoms in total. The Labute approximate surface area is 213 Å². The van der Waals surface area contributed by atoms with Gasteiger partial charge in [0.15, 0.2) is 0 Å². The molecule has 0 bridgehead atoms. The lowest BCUT2D eigenvalue weighted by atomic mass is 10.0. The Balaban J connectivity index is 0.000000206. The summed E-state index contributed by atoms with van der Waals surface area (Å²) in [7, 11) is -7.36. The fraction of sp³-hybridized carbons (Fsp3) is 0.160. The van der Waals surface area contributed by atoms with Gasteiger partial charge < -0.3 is 10.1 Å². The van der Waals surface area contributed by atoms with E-state index in [4.69, 9.17) is 13.8 Å². The summed E-state index contributed by atoms with van der Waals surface area (Å²) >= 11 is 0. The molecule has 196 valence electrons. The molecule has 3 N–H and O–H groups in total. The molecule has 12 heteroatoms. The Bertz CT molecular complexity index is 1620. The molecule has 0 heterocycles. The van der Waals surface area contributed by atoms with Gasteiger partial charge in [-0.3, -0.25) is 13.9 Å². The third kappa shape index (κ3) is 6.80. The van der Waals surface area contributed by atoms with E-state index in [1.54, 1.807) is 25.3 Å². The minimum absolute atomic E-state index is 0.0233. The van der Waals surface area contributed by atoms with Crippen molar-refractivity contribution >= 4 is 47.7 Å². The first-order valence-electron chi connectivity index (χ1n) is 10.8. The molecule has 0 aliphatic heterocycles. The molecule has 0 unspecified atom stereocenters. The summed E-state index contributed by atoms with van der Waals surface area (Å²) in [6, 6.07) is 16.0. The van der Waals surface area contributed by atoms with Gasteiger partial charge in [-0.05, 0) is 53.8 Å². The predicted octanol–water partition coefficient (Wildman–Crippen LogP) is 4.00. The number of nitrogens with one attached hydrogen (secondary N) is 1. The number of benzene rings is 4. The van der Waals surface area contributed by atoms with Gasteiger partial charge in [0.2, 0.25) is 5.91 Å². The van der Waals surface area contributed by atoms with E-state index >= 15 is 0 Å². The quantitative estimate of drug-likeness (QED) is 0.306. The highest BCUT2D eigenvalue weighted by Crippen LogP contribution is 2.28. The van der Waals surface area contributed by atoms with Crippen LogP contribution in [0.2, 0.25) is 0 Å². The third-order valence-electron chi connectivity index (χ3n) is 5.43. The summed E-state index contributed by atoms with van der Waals surface area (Å²) in [5.74, 6) is 0.379. The van der Waals surface area contributed by atoms with E-state index in [0.29, 0.717) is 24.1 Å². The van der Waals surface area contributed by atoms with Crippen LogP contribution in [0.1, 0.15) is 12.5 Å². The smallest absolute Gasteiger partial charge is 0.295 e. The maximum Gasteiger partial charge on any atom is 0.295 e. The van der Waals surface area contributed by atoms with Crippen molar-refractivity contribution in [3.8, 4) is 5.75 Å². The van der Waals surface area contributed by atoms with Gasteiger partial charge in [-0.25, -0.2) is 4.39 Å². The van der Waals surface area contributed by atoms with E-state index in [-0.39, 0.29) is 22.5 Å². The van der Waals surface area contributed by atoms with Crippen molar-refractivity contribution in [3.05, 3.63) is 78.1 Å². The molecular weight excluding hydrogens is 525 g/mol. The molecular formula is C25H24FNO8S2. The number of rotatable bonds is 6. The average molecular weight is 550 g/mol. The van der Waals surface area contributed by atoms with Crippen molar-refractivity contribution in [1.29, 1.82) is 0 Å². The van der Waals surface area contributed by atoms with Crippen molar-refractivity contribution in [2.75, 3.05) is 13.7 Å². The summed E-state index contributed by atoms with van der Waals surface area (Å²) < 4.78 is 81.6. The lowest BCUT2D eigenvalue weighted by Crippen LogP contribution is -2.22.